The number of allylic oxidation sites excluding steroid dienone is 5. The maximum Gasteiger partial charge on any atom is 0.306 e. The molecule has 0 aromatic heterocycles. The number of ether oxygens (including phenoxy) is 1. The zero-order valence-electron chi connectivity index (χ0n) is 24.8. The summed E-state index contributed by atoms with van der Waals surface area (Å²) in [5.74, 6) is 0.366. The van der Waals surface area contributed by atoms with Gasteiger partial charge in [-0.25, -0.2) is 0 Å². The van der Waals surface area contributed by atoms with Crippen molar-refractivity contribution < 1.29 is 14.6 Å². The average molecular weight is 555 g/mol. The Kier molecular flexibility index (Phi) is 14.5. The van der Waals surface area contributed by atoms with Gasteiger partial charge in [0.15, 0.2) is 5.88 Å². The zero-order valence-corrected chi connectivity index (χ0v) is 25.5. The summed E-state index contributed by atoms with van der Waals surface area (Å²) in [6, 6.07) is 7.60. The van der Waals surface area contributed by atoms with Crippen molar-refractivity contribution in [3.63, 3.8) is 0 Å². The molecule has 3 atom stereocenters. The van der Waals surface area contributed by atoms with Gasteiger partial charge in [-0.2, -0.15) is 0 Å². The van der Waals surface area contributed by atoms with Crippen molar-refractivity contribution >= 4 is 17.6 Å². The van der Waals surface area contributed by atoms with E-state index in [1.165, 1.54) is 17.6 Å². The molecule has 2 rings (SSSR count). The fourth-order valence-corrected chi connectivity index (χ4v) is 4.50. The van der Waals surface area contributed by atoms with E-state index in [1.807, 2.05) is 51.2 Å². The van der Waals surface area contributed by atoms with Crippen LogP contribution in [0, 0.1) is 11.8 Å². The van der Waals surface area contributed by atoms with Crippen LogP contribution < -0.4 is 10.6 Å². The molecule has 6 heteroatoms. The normalized spacial score (nSPS) is 18.1. The quantitative estimate of drug-likeness (QED) is 0.188. The summed E-state index contributed by atoms with van der Waals surface area (Å²) in [7, 11) is 1.85. The fraction of sp³-hybridized carbons (Fsp3) is 0.424. The van der Waals surface area contributed by atoms with Crippen LogP contribution in [-0.4, -0.2) is 18.1 Å². The number of aliphatic carboxylic acids is 1. The maximum absolute atomic E-state index is 10.5. The molecule has 1 fully saturated rings. The van der Waals surface area contributed by atoms with E-state index in [1.54, 1.807) is 0 Å². The minimum absolute atomic E-state index is 0.0521. The summed E-state index contributed by atoms with van der Waals surface area (Å²) in [5.41, 5.74) is 6.61. The Hall–Kier alpha value is -3.18. The van der Waals surface area contributed by atoms with E-state index < -0.39 is 5.97 Å². The van der Waals surface area contributed by atoms with Crippen LogP contribution in [-0.2, 0) is 9.53 Å². The van der Waals surface area contributed by atoms with Crippen molar-refractivity contribution in [2.45, 2.75) is 73.3 Å². The highest BCUT2D eigenvalue weighted by Gasteiger charge is 2.24. The number of halogens is 1. The zero-order chi connectivity index (χ0) is 29.7. The predicted octanol–water partition coefficient (Wildman–Crippen LogP) is 8.85. The standard InChI is InChI=1S/C25H33ClN2O.C8H14O2/c1-16(2)18(5)14-15-19(6)25(27-9)24(17(3)4)28-21(8)29-20(7)22-12-10-11-13-23(22)26;1-6-3-2-4-7(5-6)8(9)10/h10-15,20,27-28H,3,6,8H2,1-2,4-5,7,9H3;6-7H,2-5H2,1H3,(H,9,10)/b15-14-,25-24+;/t;6-,7?/m.0/s1. The number of likely N-dealkylation sites (N-methyl/N-ethyl adjacent to an activating group) is 1. The van der Waals surface area contributed by atoms with E-state index in [0.29, 0.717) is 16.8 Å². The molecule has 0 heterocycles. The number of hydrogen-bond donors (Lipinski definition) is 3. The van der Waals surface area contributed by atoms with E-state index in [-0.39, 0.29) is 12.0 Å². The van der Waals surface area contributed by atoms with Gasteiger partial charge in [0.2, 0.25) is 0 Å². The van der Waals surface area contributed by atoms with Crippen molar-refractivity contribution in [2.75, 3.05) is 7.05 Å². The van der Waals surface area contributed by atoms with Gasteiger partial charge in [-0.15, -0.1) is 0 Å². The number of carboxylic acids is 1. The van der Waals surface area contributed by atoms with Gasteiger partial charge in [0.05, 0.1) is 17.3 Å². The first-order chi connectivity index (χ1) is 18.3. The minimum atomic E-state index is -0.605. The van der Waals surface area contributed by atoms with Gasteiger partial charge in [-0.3, -0.25) is 4.79 Å². The molecule has 0 amide bonds. The fourth-order valence-electron chi connectivity index (χ4n) is 4.21. The Labute approximate surface area is 241 Å². The van der Waals surface area contributed by atoms with Crippen LogP contribution in [0.5, 0.6) is 0 Å². The van der Waals surface area contributed by atoms with E-state index in [0.717, 1.165) is 47.4 Å². The summed E-state index contributed by atoms with van der Waals surface area (Å²) < 4.78 is 5.95. The number of nitrogens with one attached hydrogen (secondary N) is 2. The average Bonchev–Trinajstić information content (AvgIpc) is 2.87. The molecule has 0 radical (unpaired) electrons. The van der Waals surface area contributed by atoms with Crippen molar-refractivity contribution in [2.24, 2.45) is 11.8 Å². The summed E-state index contributed by atoms with van der Waals surface area (Å²) in [6.07, 6.45) is 7.86. The molecule has 1 saturated carbocycles. The molecule has 0 aliphatic heterocycles. The molecule has 1 aromatic rings. The van der Waals surface area contributed by atoms with E-state index in [9.17, 15) is 4.79 Å². The highest BCUT2D eigenvalue weighted by Crippen LogP contribution is 2.29. The van der Waals surface area contributed by atoms with Crippen molar-refractivity contribution in [1.82, 2.24) is 10.6 Å². The van der Waals surface area contributed by atoms with Crippen molar-refractivity contribution in [3.8, 4) is 0 Å². The lowest BCUT2D eigenvalue weighted by molar-refractivity contribution is -0.143. The summed E-state index contributed by atoms with van der Waals surface area (Å²) in [4.78, 5) is 10.5. The number of benzene rings is 1. The first-order valence-electron chi connectivity index (χ1n) is 13.5. The van der Waals surface area contributed by atoms with Gasteiger partial charge in [-0.05, 0) is 77.2 Å². The third-order valence-corrected chi connectivity index (χ3v) is 7.13. The third kappa shape index (κ3) is 11.6. The minimum Gasteiger partial charge on any atom is -0.481 e. The van der Waals surface area contributed by atoms with E-state index in [2.05, 4.69) is 64.1 Å². The lowest BCUT2D eigenvalue weighted by Gasteiger charge is -2.22. The highest BCUT2D eigenvalue weighted by atomic mass is 35.5. The van der Waals surface area contributed by atoms with Crippen LogP contribution >= 0.6 is 11.6 Å². The van der Waals surface area contributed by atoms with Crippen molar-refractivity contribution in [1.29, 1.82) is 0 Å². The topological polar surface area (TPSA) is 70.6 Å². The second-order valence-electron chi connectivity index (χ2n) is 10.5. The highest BCUT2D eigenvalue weighted by molar-refractivity contribution is 6.31. The Bertz CT molecular complexity index is 1130. The SMILES string of the molecule is C=C(N/C(C(=C)C)=C(/NC)C(=C)/C=C\C(C)=C(C)C)OC(C)c1ccccc1Cl.C[C@H]1CCCC(C(=O)O)C1. The predicted molar refractivity (Wildman–Crippen MR) is 165 cm³/mol. The Morgan fingerprint density at radius 3 is 2.23 bits per heavy atom. The van der Waals surface area contributed by atoms with Gasteiger partial charge >= 0.3 is 5.97 Å². The monoisotopic (exact) mass is 554 g/mol. The number of carboxylic acid groups (broad SMARTS) is 1. The van der Waals surface area contributed by atoms with Crippen LogP contribution in [0.4, 0.5) is 0 Å². The van der Waals surface area contributed by atoms with Gasteiger partial charge in [-0.1, -0.05) is 86.0 Å². The van der Waals surface area contributed by atoms with Gasteiger partial charge < -0.3 is 20.5 Å². The summed E-state index contributed by atoms with van der Waals surface area (Å²) >= 11 is 6.27. The van der Waals surface area contributed by atoms with Gasteiger partial charge in [0, 0.05) is 17.6 Å². The van der Waals surface area contributed by atoms with Crippen LogP contribution in [0.3, 0.4) is 0 Å². The molecule has 1 aliphatic rings. The van der Waals surface area contributed by atoms with Crippen LogP contribution in [0.2, 0.25) is 5.02 Å². The molecule has 0 spiro atoms. The Morgan fingerprint density at radius 2 is 1.74 bits per heavy atom. The molecule has 1 aromatic carbocycles. The molecule has 3 N–H and O–H groups in total. The summed E-state index contributed by atoms with van der Waals surface area (Å²) in [5, 5.41) is 15.8. The van der Waals surface area contributed by atoms with Crippen LogP contribution in [0.1, 0.15) is 78.9 Å². The Morgan fingerprint density at radius 1 is 1.10 bits per heavy atom. The second kappa shape index (κ2) is 16.7. The number of rotatable bonds is 11. The molecule has 5 nitrogen and oxygen atoms in total. The number of carbonyl (C=O) groups is 1. The molecule has 214 valence electrons. The summed E-state index contributed by atoms with van der Waals surface area (Å²) in [6.45, 7) is 24.5. The molecular weight excluding hydrogens is 508 g/mol. The van der Waals surface area contributed by atoms with Gasteiger partial charge in [0.1, 0.15) is 6.10 Å². The molecule has 0 saturated heterocycles. The molecule has 39 heavy (non-hydrogen) atoms. The maximum atomic E-state index is 10.5. The molecule has 1 aliphatic carbocycles. The first-order valence-corrected chi connectivity index (χ1v) is 13.8. The molecular formula is C33H47ClN2O3. The van der Waals surface area contributed by atoms with E-state index >= 15 is 0 Å². The lowest BCUT2D eigenvalue weighted by atomic mass is 9.83. The molecule has 0 bridgehead atoms. The van der Waals surface area contributed by atoms with Gasteiger partial charge in [0.25, 0.3) is 0 Å². The number of hydrogen-bond acceptors (Lipinski definition) is 4. The van der Waals surface area contributed by atoms with Crippen molar-refractivity contribution in [3.05, 3.63) is 106 Å². The smallest absolute Gasteiger partial charge is 0.306 e. The Balaban J connectivity index is 0.000000633. The largest absolute Gasteiger partial charge is 0.481 e. The third-order valence-electron chi connectivity index (χ3n) is 6.78. The second-order valence-corrected chi connectivity index (χ2v) is 10.9. The van der Waals surface area contributed by atoms with Crippen LogP contribution in [0.25, 0.3) is 0 Å². The lowest BCUT2D eigenvalue weighted by Crippen LogP contribution is -2.23. The first kappa shape index (κ1) is 33.8. The van der Waals surface area contributed by atoms with E-state index in [4.69, 9.17) is 21.4 Å². The van der Waals surface area contributed by atoms with Crippen LogP contribution in [0.15, 0.2) is 95.7 Å². The molecule has 2 unspecified atom stereocenters.